The van der Waals surface area contributed by atoms with Crippen molar-refractivity contribution in [1.29, 1.82) is 0 Å². The minimum Gasteiger partial charge on any atom is -0.370 e. The van der Waals surface area contributed by atoms with Crippen LogP contribution in [0.15, 0.2) is 4.99 Å². The third kappa shape index (κ3) is 3.89. The van der Waals surface area contributed by atoms with Gasteiger partial charge in [-0.3, -0.25) is 9.79 Å². The highest BCUT2D eigenvalue weighted by molar-refractivity contribution is 5.83. The Morgan fingerprint density at radius 2 is 2.00 bits per heavy atom. The Morgan fingerprint density at radius 1 is 1.44 bits per heavy atom. The molecule has 5 nitrogen and oxygen atoms in total. The van der Waals surface area contributed by atoms with E-state index in [1.807, 2.05) is 13.8 Å². The molecule has 1 fully saturated rings. The van der Waals surface area contributed by atoms with Crippen molar-refractivity contribution in [3.63, 3.8) is 0 Å². The van der Waals surface area contributed by atoms with Gasteiger partial charge in [0.05, 0.1) is 12.0 Å². The van der Waals surface area contributed by atoms with Crippen LogP contribution in [0.1, 0.15) is 33.6 Å². The van der Waals surface area contributed by atoms with Gasteiger partial charge in [0, 0.05) is 20.1 Å². The number of likely N-dealkylation sites (tertiary alicyclic amines) is 1. The van der Waals surface area contributed by atoms with E-state index in [0.29, 0.717) is 12.5 Å². The summed E-state index contributed by atoms with van der Waals surface area (Å²) in [5.41, 5.74) is 5.48. The minimum absolute atomic E-state index is 0.00804. The topological polar surface area (TPSA) is 70.7 Å². The van der Waals surface area contributed by atoms with Crippen molar-refractivity contribution in [2.24, 2.45) is 22.1 Å². The largest absolute Gasteiger partial charge is 0.370 e. The van der Waals surface area contributed by atoms with E-state index in [-0.39, 0.29) is 5.91 Å². The SMILES string of the molecule is CNC(=O)C(C)(C)CN=C(N)N1CCC(C)CC1. The number of nitrogens with two attached hydrogens (primary N) is 1. The van der Waals surface area contributed by atoms with Crippen LogP contribution in [0, 0.1) is 11.3 Å². The molecule has 0 aliphatic carbocycles. The molecule has 5 heteroatoms. The lowest BCUT2D eigenvalue weighted by Crippen LogP contribution is -2.44. The molecule has 0 aromatic rings. The zero-order valence-electron chi connectivity index (χ0n) is 12.0. The zero-order chi connectivity index (χ0) is 13.8. The van der Waals surface area contributed by atoms with E-state index >= 15 is 0 Å². The van der Waals surface area contributed by atoms with Crippen LogP contribution in [-0.4, -0.2) is 43.4 Å². The second kappa shape index (κ2) is 6.07. The molecular formula is C13H26N4O. The maximum absolute atomic E-state index is 11.6. The number of nitrogens with one attached hydrogen (secondary N) is 1. The van der Waals surface area contributed by atoms with Gasteiger partial charge in [0.25, 0.3) is 0 Å². The summed E-state index contributed by atoms with van der Waals surface area (Å²) in [4.78, 5) is 18.1. The zero-order valence-corrected chi connectivity index (χ0v) is 12.0. The van der Waals surface area contributed by atoms with Crippen LogP contribution in [0.4, 0.5) is 0 Å². The smallest absolute Gasteiger partial charge is 0.227 e. The molecule has 1 aliphatic rings. The Balaban J connectivity index is 2.53. The van der Waals surface area contributed by atoms with E-state index < -0.39 is 5.41 Å². The first kappa shape index (κ1) is 14.8. The van der Waals surface area contributed by atoms with Gasteiger partial charge in [-0.15, -0.1) is 0 Å². The maximum Gasteiger partial charge on any atom is 0.227 e. The Morgan fingerprint density at radius 3 is 2.50 bits per heavy atom. The number of rotatable bonds is 3. The molecule has 0 aromatic heterocycles. The Kier molecular flexibility index (Phi) is 4.99. The minimum atomic E-state index is -0.511. The molecule has 18 heavy (non-hydrogen) atoms. The monoisotopic (exact) mass is 254 g/mol. The average molecular weight is 254 g/mol. The van der Waals surface area contributed by atoms with Crippen molar-refractivity contribution in [2.45, 2.75) is 33.6 Å². The van der Waals surface area contributed by atoms with Gasteiger partial charge in [-0.2, -0.15) is 0 Å². The van der Waals surface area contributed by atoms with Crippen LogP contribution in [0.3, 0.4) is 0 Å². The summed E-state index contributed by atoms with van der Waals surface area (Å²) in [6, 6.07) is 0. The fourth-order valence-corrected chi connectivity index (χ4v) is 2.03. The van der Waals surface area contributed by atoms with Gasteiger partial charge >= 0.3 is 0 Å². The second-order valence-corrected chi connectivity index (χ2v) is 5.81. The van der Waals surface area contributed by atoms with Gasteiger partial charge < -0.3 is 16.0 Å². The Labute approximate surface area is 110 Å². The second-order valence-electron chi connectivity index (χ2n) is 5.81. The third-order valence-corrected chi connectivity index (χ3v) is 3.59. The van der Waals surface area contributed by atoms with Crippen LogP contribution in [0.5, 0.6) is 0 Å². The molecule has 1 saturated heterocycles. The number of carbonyl (C=O) groups is 1. The molecule has 0 saturated carbocycles. The first-order valence-corrected chi connectivity index (χ1v) is 6.64. The molecular weight excluding hydrogens is 228 g/mol. The van der Waals surface area contributed by atoms with Crippen molar-refractivity contribution in [1.82, 2.24) is 10.2 Å². The summed E-state index contributed by atoms with van der Waals surface area (Å²) in [6.45, 7) is 8.37. The molecule has 0 aromatic carbocycles. The van der Waals surface area contributed by atoms with Gasteiger partial charge in [-0.05, 0) is 32.6 Å². The fourth-order valence-electron chi connectivity index (χ4n) is 2.03. The molecule has 1 amide bonds. The lowest BCUT2D eigenvalue weighted by atomic mass is 9.93. The summed E-state index contributed by atoms with van der Waals surface area (Å²) < 4.78 is 0. The van der Waals surface area contributed by atoms with Crippen LogP contribution in [0.25, 0.3) is 0 Å². The Bertz CT molecular complexity index is 317. The van der Waals surface area contributed by atoms with Crippen LogP contribution >= 0.6 is 0 Å². The average Bonchev–Trinajstić information content (AvgIpc) is 2.35. The molecule has 3 N–H and O–H groups in total. The molecule has 0 atom stereocenters. The van der Waals surface area contributed by atoms with E-state index in [9.17, 15) is 4.79 Å². The van der Waals surface area contributed by atoms with Gasteiger partial charge in [0.2, 0.25) is 5.91 Å². The lowest BCUT2D eigenvalue weighted by Gasteiger charge is -2.31. The molecule has 0 radical (unpaired) electrons. The van der Waals surface area contributed by atoms with Gasteiger partial charge in [-0.25, -0.2) is 0 Å². The normalized spacial score (nSPS) is 18.9. The van der Waals surface area contributed by atoms with Crippen LogP contribution in [0.2, 0.25) is 0 Å². The number of guanidine groups is 1. The van der Waals surface area contributed by atoms with Crippen molar-refractivity contribution in [3.05, 3.63) is 0 Å². The van der Waals surface area contributed by atoms with Gasteiger partial charge in [0.1, 0.15) is 0 Å². The number of hydrogen-bond donors (Lipinski definition) is 2. The highest BCUT2D eigenvalue weighted by Gasteiger charge is 2.26. The van der Waals surface area contributed by atoms with Crippen molar-refractivity contribution in [2.75, 3.05) is 26.7 Å². The maximum atomic E-state index is 11.6. The number of amides is 1. The summed E-state index contributed by atoms with van der Waals surface area (Å²) >= 11 is 0. The number of carbonyl (C=O) groups excluding carboxylic acids is 1. The number of aliphatic imine (C=N–C) groups is 1. The molecule has 0 spiro atoms. The lowest BCUT2D eigenvalue weighted by molar-refractivity contribution is -0.128. The summed E-state index contributed by atoms with van der Waals surface area (Å²) in [5, 5.41) is 2.65. The Hall–Kier alpha value is -1.26. The van der Waals surface area contributed by atoms with Crippen LogP contribution in [-0.2, 0) is 4.79 Å². The number of nitrogens with zero attached hydrogens (tertiary/aromatic N) is 2. The van der Waals surface area contributed by atoms with Crippen LogP contribution < -0.4 is 11.1 Å². The molecule has 1 rings (SSSR count). The quantitative estimate of drug-likeness (QED) is 0.578. The molecule has 0 bridgehead atoms. The molecule has 0 unspecified atom stereocenters. The van der Waals surface area contributed by atoms with E-state index in [0.717, 1.165) is 31.8 Å². The fraction of sp³-hybridized carbons (Fsp3) is 0.846. The van der Waals surface area contributed by atoms with E-state index in [1.165, 1.54) is 0 Å². The van der Waals surface area contributed by atoms with Crippen molar-refractivity contribution >= 4 is 11.9 Å². The number of piperidine rings is 1. The van der Waals surface area contributed by atoms with Crippen molar-refractivity contribution < 1.29 is 4.79 Å². The highest BCUT2D eigenvalue weighted by atomic mass is 16.2. The molecule has 104 valence electrons. The highest BCUT2D eigenvalue weighted by Crippen LogP contribution is 2.17. The number of hydrogen-bond acceptors (Lipinski definition) is 2. The third-order valence-electron chi connectivity index (χ3n) is 3.59. The first-order chi connectivity index (χ1) is 8.36. The molecule has 1 aliphatic heterocycles. The first-order valence-electron chi connectivity index (χ1n) is 6.64. The standard InChI is InChI=1S/C13H26N4O/c1-10-5-7-17(8-6-10)12(14)16-9-13(2,3)11(18)15-4/h10H,5-9H2,1-4H3,(H2,14,16)(H,15,18). The van der Waals surface area contributed by atoms with E-state index in [1.54, 1.807) is 7.05 Å². The summed E-state index contributed by atoms with van der Waals surface area (Å²) in [6.07, 6.45) is 2.32. The molecule has 1 heterocycles. The van der Waals surface area contributed by atoms with E-state index in [4.69, 9.17) is 5.73 Å². The predicted molar refractivity (Wildman–Crippen MR) is 74.3 cm³/mol. The van der Waals surface area contributed by atoms with E-state index in [2.05, 4.69) is 22.1 Å². The summed E-state index contributed by atoms with van der Waals surface area (Å²) in [7, 11) is 1.64. The van der Waals surface area contributed by atoms with Crippen molar-refractivity contribution in [3.8, 4) is 0 Å². The van der Waals surface area contributed by atoms with Gasteiger partial charge in [0.15, 0.2) is 5.96 Å². The summed E-state index contributed by atoms with van der Waals surface area (Å²) in [5.74, 6) is 1.33. The van der Waals surface area contributed by atoms with Gasteiger partial charge in [-0.1, -0.05) is 6.92 Å². The predicted octanol–water partition coefficient (Wildman–Crippen LogP) is 0.805.